The topological polar surface area (TPSA) is 45.7 Å². The van der Waals surface area contributed by atoms with E-state index in [1.807, 2.05) is 6.08 Å². The van der Waals surface area contributed by atoms with Gasteiger partial charge in [0.15, 0.2) is 5.96 Å². The van der Waals surface area contributed by atoms with E-state index in [2.05, 4.69) is 22.2 Å². The fourth-order valence-electron chi connectivity index (χ4n) is 2.33. The fourth-order valence-corrected chi connectivity index (χ4v) is 2.33. The third-order valence-corrected chi connectivity index (χ3v) is 3.07. The van der Waals surface area contributed by atoms with Crippen LogP contribution >= 0.6 is 24.0 Å². The molecule has 2 aliphatic heterocycles. The molecule has 2 fully saturated rings. The number of ether oxygens (including phenoxy) is 1. The summed E-state index contributed by atoms with van der Waals surface area (Å²) in [6.07, 6.45) is 6.20. The van der Waals surface area contributed by atoms with Crippen molar-refractivity contribution in [3.05, 3.63) is 12.7 Å². The number of fused-ring (bicyclic) bond motifs is 2. The lowest BCUT2D eigenvalue weighted by Crippen LogP contribution is -2.47. The monoisotopic (exact) mass is 337 g/mol. The minimum Gasteiger partial charge on any atom is -0.373 e. The Kier molecular flexibility index (Phi) is 5.54. The predicted molar refractivity (Wildman–Crippen MR) is 76.4 cm³/mol. The predicted octanol–water partition coefficient (Wildman–Crippen LogP) is 1.28. The molecular weight excluding hydrogens is 317 g/mol. The highest BCUT2D eigenvalue weighted by molar-refractivity contribution is 14.0. The average molecular weight is 337 g/mol. The lowest BCUT2D eigenvalue weighted by Gasteiger charge is -2.22. The van der Waals surface area contributed by atoms with Gasteiger partial charge in [-0.1, -0.05) is 6.08 Å². The van der Waals surface area contributed by atoms with Gasteiger partial charge in [-0.2, -0.15) is 0 Å². The van der Waals surface area contributed by atoms with E-state index >= 15 is 0 Å². The molecule has 2 bridgehead atoms. The molecule has 0 amide bonds. The zero-order valence-corrected chi connectivity index (χ0v) is 11.9. The number of rotatable bonds is 3. The van der Waals surface area contributed by atoms with Crippen molar-refractivity contribution in [3.63, 3.8) is 0 Å². The Balaban J connectivity index is 0.00000128. The quantitative estimate of drug-likeness (QED) is 0.353. The summed E-state index contributed by atoms with van der Waals surface area (Å²) in [6, 6.07) is 0.430. The summed E-state index contributed by atoms with van der Waals surface area (Å²) in [5.74, 6) is 0.844. The largest absolute Gasteiger partial charge is 0.373 e. The molecule has 2 saturated heterocycles. The van der Waals surface area contributed by atoms with Crippen LogP contribution < -0.4 is 10.6 Å². The summed E-state index contributed by atoms with van der Waals surface area (Å²) in [4.78, 5) is 4.16. The van der Waals surface area contributed by atoms with Crippen LogP contribution in [0.5, 0.6) is 0 Å². The van der Waals surface area contributed by atoms with E-state index in [0.29, 0.717) is 18.2 Å². The molecule has 0 aliphatic carbocycles. The van der Waals surface area contributed by atoms with E-state index in [1.165, 1.54) is 12.8 Å². The normalized spacial score (nSPS) is 32.1. The van der Waals surface area contributed by atoms with Crippen LogP contribution in [0.4, 0.5) is 0 Å². The molecule has 0 spiro atoms. The van der Waals surface area contributed by atoms with Crippen molar-refractivity contribution < 1.29 is 4.74 Å². The van der Waals surface area contributed by atoms with Crippen LogP contribution in [-0.4, -0.2) is 37.8 Å². The molecular formula is C11H20IN3O. The molecule has 16 heavy (non-hydrogen) atoms. The number of guanidine groups is 1. The van der Waals surface area contributed by atoms with Crippen molar-refractivity contribution in [2.75, 3.05) is 13.6 Å². The Morgan fingerprint density at radius 3 is 2.88 bits per heavy atom. The molecule has 2 rings (SSSR count). The summed E-state index contributed by atoms with van der Waals surface area (Å²) in [6.45, 7) is 4.40. The molecule has 0 aromatic rings. The number of halogens is 1. The van der Waals surface area contributed by atoms with Gasteiger partial charge in [-0.3, -0.25) is 4.99 Å². The molecule has 0 saturated carbocycles. The molecule has 5 heteroatoms. The Hall–Kier alpha value is -0.300. The van der Waals surface area contributed by atoms with E-state index in [-0.39, 0.29) is 24.0 Å². The number of nitrogens with one attached hydrogen (secondary N) is 2. The van der Waals surface area contributed by atoms with Crippen LogP contribution in [0.1, 0.15) is 19.3 Å². The van der Waals surface area contributed by atoms with Gasteiger partial charge in [-0.05, 0) is 19.3 Å². The summed E-state index contributed by atoms with van der Waals surface area (Å²) >= 11 is 0. The summed E-state index contributed by atoms with van der Waals surface area (Å²) < 4.78 is 5.77. The van der Waals surface area contributed by atoms with Crippen LogP contribution in [0.25, 0.3) is 0 Å². The van der Waals surface area contributed by atoms with Crippen molar-refractivity contribution in [1.29, 1.82) is 0 Å². The first-order valence-electron chi connectivity index (χ1n) is 5.57. The molecule has 4 nitrogen and oxygen atoms in total. The van der Waals surface area contributed by atoms with Crippen molar-refractivity contribution in [1.82, 2.24) is 10.6 Å². The zero-order valence-electron chi connectivity index (χ0n) is 9.61. The second-order valence-corrected chi connectivity index (χ2v) is 4.10. The van der Waals surface area contributed by atoms with Gasteiger partial charge in [0.25, 0.3) is 0 Å². The second kappa shape index (κ2) is 6.44. The van der Waals surface area contributed by atoms with Crippen LogP contribution in [0.3, 0.4) is 0 Å². The molecule has 0 aromatic carbocycles. The zero-order chi connectivity index (χ0) is 10.7. The van der Waals surface area contributed by atoms with Gasteiger partial charge in [-0.25, -0.2) is 0 Å². The number of nitrogens with zero attached hydrogens (tertiary/aromatic N) is 1. The molecule has 2 aliphatic rings. The van der Waals surface area contributed by atoms with E-state index in [0.717, 1.165) is 18.9 Å². The lowest BCUT2D eigenvalue weighted by atomic mass is 9.96. The molecule has 2 N–H and O–H groups in total. The lowest BCUT2D eigenvalue weighted by molar-refractivity contribution is 0.0992. The first-order chi connectivity index (χ1) is 7.33. The van der Waals surface area contributed by atoms with Gasteiger partial charge in [0.1, 0.15) is 0 Å². The highest BCUT2D eigenvalue weighted by Gasteiger charge is 2.40. The Morgan fingerprint density at radius 1 is 1.56 bits per heavy atom. The standard InChI is InChI=1S/C11H19N3O.HI/c1-3-6-13-11(12-2)14-9-7-8-4-5-10(9)15-8;/h3,8-10H,1,4-7H2,2H3,(H2,12,13,14);1H. The molecule has 2 heterocycles. The maximum atomic E-state index is 5.77. The van der Waals surface area contributed by atoms with Gasteiger partial charge in [0.2, 0.25) is 0 Å². The van der Waals surface area contributed by atoms with Crippen molar-refractivity contribution >= 4 is 29.9 Å². The number of aliphatic imine (C=N–C) groups is 1. The SMILES string of the molecule is C=CCNC(=NC)NC1CC2CCC1O2.I. The Bertz CT molecular complexity index is 270. The molecule has 0 radical (unpaired) electrons. The Morgan fingerprint density at radius 2 is 2.38 bits per heavy atom. The third-order valence-electron chi connectivity index (χ3n) is 3.07. The van der Waals surface area contributed by atoms with Gasteiger partial charge in [0.05, 0.1) is 18.2 Å². The number of hydrogen-bond donors (Lipinski definition) is 2. The van der Waals surface area contributed by atoms with Gasteiger partial charge in [-0.15, -0.1) is 30.6 Å². The number of hydrogen-bond acceptors (Lipinski definition) is 2. The molecule has 0 aromatic heterocycles. The first-order valence-corrected chi connectivity index (χ1v) is 5.57. The van der Waals surface area contributed by atoms with Crippen LogP contribution in [0.15, 0.2) is 17.6 Å². The average Bonchev–Trinajstić information content (AvgIpc) is 2.85. The van der Waals surface area contributed by atoms with Crippen LogP contribution in [-0.2, 0) is 4.74 Å². The molecule has 3 unspecified atom stereocenters. The maximum Gasteiger partial charge on any atom is 0.191 e. The molecule has 3 atom stereocenters. The second-order valence-electron chi connectivity index (χ2n) is 4.10. The highest BCUT2D eigenvalue weighted by atomic mass is 127. The fraction of sp³-hybridized carbons (Fsp3) is 0.727. The van der Waals surface area contributed by atoms with Crippen LogP contribution in [0, 0.1) is 0 Å². The maximum absolute atomic E-state index is 5.77. The smallest absolute Gasteiger partial charge is 0.191 e. The first kappa shape index (κ1) is 13.8. The van der Waals surface area contributed by atoms with Gasteiger partial charge in [0, 0.05) is 13.6 Å². The summed E-state index contributed by atoms with van der Waals surface area (Å²) in [5.41, 5.74) is 0. The summed E-state index contributed by atoms with van der Waals surface area (Å²) in [5, 5.41) is 6.57. The molecule has 92 valence electrons. The highest BCUT2D eigenvalue weighted by Crippen LogP contribution is 2.34. The third kappa shape index (κ3) is 3.10. The van der Waals surface area contributed by atoms with Crippen LogP contribution in [0.2, 0.25) is 0 Å². The van der Waals surface area contributed by atoms with Crippen molar-refractivity contribution in [3.8, 4) is 0 Å². The van der Waals surface area contributed by atoms with Gasteiger partial charge < -0.3 is 15.4 Å². The van der Waals surface area contributed by atoms with E-state index in [1.54, 1.807) is 7.05 Å². The minimum absolute atomic E-state index is 0. The van der Waals surface area contributed by atoms with Crippen molar-refractivity contribution in [2.45, 2.75) is 37.5 Å². The van der Waals surface area contributed by atoms with Gasteiger partial charge >= 0.3 is 0 Å². The van der Waals surface area contributed by atoms with Crippen molar-refractivity contribution in [2.24, 2.45) is 4.99 Å². The summed E-state index contributed by atoms with van der Waals surface area (Å²) in [7, 11) is 1.78. The van der Waals surface area contributed by atoms with E-state index < -0.39 is 0 Å². The Labute approximate surface area is 114 Å². The minimum atomic E-state index is 0. The van der Waals surface area contributed by atoms with E-state index in [4.69, 9.17) is 4.74 Å². The van der Waals surface area contributed by atoms with E-state index in [9.17, 15) is 0 Å².